The fourth-order valence-corrected chi connectivity index (χ4v) is 2.85. The van der Waals surface area contributed by atoms with Crippen LogP contribution in [0.5, 0.6) is 0 Å². The van der Waals surface area contributed by atoms with E-state index in [0.29, 0.717) is 11.0 Å². The van der Waals surface area contributed by atoms with Crippen molar-refractivity contribution in [1.82, 2.24) is 5.32 Å². The molecule has 23 heavy (non-hydrogen) atoms. The Labute approximate surface area is 145 Å². The average molecular weight is 327 g/mol. The second-order valence-corrected chi connectivity index (χ2v) is 6.88. The quantitative estimate of drug-likeness (QED) is 0.735. The van der Waals surface area contributed by atoms with Gasteiger partial charge in [0.15, 0.2) is 5.11 Å². The molecule has 2 aromatic rings. The molecule has 122 valence electrons. The van der Waals surface area contributed by atoms with Gasteiger partial charge in [-0.25, -0.2) is 0 Å². The zero-order valence-electron chi connectivity index (χ0n) is 14.4. The van der Waals surface area contributed by atoms with Crippen LogP contribution in [-0.4, -0.2) is 5.11 Å². The van der Waals surface area contributed by atoms with Gasteiger partial charge < -0.3 is 10.6 Å². The molecule has 0 saturated carbocycles. The van der Waals surface area contributed by atoms with Gasteiger partial charge in [-0.2, -0.15) is 0 Å². The molecule has 0 fully saturated rings. The number of hydrogen-bond acceptors (Lipinski definition) is 1. The van der Waals surface area contributed by atoms with Crippen LogP contribution in [0.2, 0.25) is 0 Å². The van der Waals surface area contributed by atoms with E-state index in [2.05, 4.69) is 68.7 Å². The van der Waals surface area contributed by atoms with Crippen LogP contribution >= 0.6 is 12.2 Å². The zero-order valence-corrected chi connectivity index (χ0v) is 15.2. The van der Waals surface area contributed by atoms with E-state index in [1.807, 2.05) is 18.2 Å². The van der Waals surface area contributed by atoms with E-state index in [9.17, 15) is 0 Å². The maximum absolute atomic E-state index is 5.43. The summed E-state index contributed by atoms with van der Waals surface area (Å²) in [6, 6.07) is 17.1. The van der Waals surface area contributed by atoms with E-state index in [-0.39, 0.29) is 6.04 Å². The molecule has 0 heterocycles. The SMILES string of the molecule is Cc1ccccc1NC(=S)NC(C)c1ccc(CC(C)C)cc1. The topological polar surface area (TPSA) is 24.1 Å². The largest absolute Gasteiger partial charge is 0.356 e. The maximum atomic E-state index is 5.43. The Morgan fingerprint density at radius 2 is 1.65 bits per heavy atom. The highest BCUT2D eigenvalue weighted by Crippen LogP contribution is 2.17. The second-order valence-electron chi connectivity index (χ2n) is 6.47. The van der Waals surface area contributed by atoms with Crippen LogP contribution in [0.25, 0.3) is 0 Å². The van der Waals surface area contributed by atoms with Crippen molar-refractivity contribution < 1.29 is 0 Å². The third-order valence-corrected chi connectivity index (χ3v) is 4.08. The molecule has 0 aliphatic heterocycles. The van der Waals surface area contributed by atoms with Gasteiger partial charge in [0.05, 0.1) is 6.04 Å². The lowest BCUT2D eigenvalue weighted by atomic mass is 10.00. The molecule has 2 N–H and O–H groups in total. The van der Waals surface area contributed by atoms with Gasteiger partial charge in [-0.15, -0.1) is 0 Å². The van der Waals surface area contributed by atoms with Gasteiger partial charge >= 0.3 is 0 Å². The fourth-order valence-electron chi connectivity index (χ4n) is 2.57. The second kappa shape index (κ2) is 8.11. The predicted octanol–water partition coefficient (Wildman–Crippen LogP) is 5.24. The summed E-state index contributed by atoms with van der Waals surface area (Å²) in [5.41, 5.74) is 4.86. The number of hydrogen-bond donors (Lipinski definition) is 2. The Morgan fingerprint density at radius 1 is 1.00 bits per heavy atom. The highest BCUT2D eigenvalue weighted by atomic mass is 32.1. The summed E-state index contributed by atoms with van der Waals surface area (Å²) >= 11 is 5.43. The zero-order chi connectivity index (χ0) is 16.8. The van der Waals surface area contributed by atoms with Gasteiger partial charge in [0.2, 0.25) is 0 Å². The Kier molecular flexibility index (Phi) is 6.17. The first-order valence-corrected chi connectivity index (χ1v) is 8.58. The maximum Gasteiger partial charge on any atom is 0.171 e. The minimum atomic E-state index is 0.173. The molecule has 0 amide bonds. The van der Waals surface area contributed by atoms with E-state index < -0.39 is 0 Å². The van der Waals surface area contributed by atoms with E-state index in [0.717, 1.165) is 12.1 Å². The molecule has 0 radical (unpaired) electrons. The Morgan fingerprint density at radius 3 is 2.26 bits per heavy atom. The van der Waals surface area contributed by atoms with Crippen molar-refractivity contribution in [2.24, 2.45) is 5.92 Å². The first-order chi connectivity index (χ1) is 11.0. The molecule has 0 bridgehead atoms. The Bertz CT molecular complexity index is 647. The first kappa shape index (κ1) is 17.5. The molecule has 0 aromatic heterocycles. The van der Waals surface area contributed by atoms with E-state index in [1.54, 1.807) is 0 Å². The minimum absolute atomic E-state index is 0.173. The summed E-state index contributed by atoms with van der Waals surface area (Å²) in [6.45, 7) is 8.69. The number of aryl methyl sites for hydroxylation is 1. The molecule has 0 aliphatic rings. The number of benzene rings is 2. The van der Waals surface area contributed by atoms with Gasteiger partial charge in [-0.3, -0.25) is 0 Å². The fraction of sp³-hybridized carbons (Fsp3) is 0.350. The smallest absolute Gasteiger partial charge is 0.171 e. The molecule has 1 atom stereocenters. The summed E-state index contributed by atoms with van der Waals surface area (Å²) in [6.07, 6.45) is 1.12. The lowest BCUT2D eigenvalue weighted by Gasteiger charge is -2.18. The van der Waals surface area contributed by atoms with Crippen molar-refractivity contribution >= 4 is 23.0 Å². The summed E-state index contributed by atoms with van der Waals surface area (Å²) < 4.78 is 0. The molecule has 0 spiro atoms. The number of nitrogens with one attached hydrogen (secondary N) is 2. The van der Waals surface area contributed by atoms with Crippen LogP contribution in [0.1, 0.15) is 43.5 Å². The number of anilines is 1. The highest BCUT2D eigenvalue weighted by Gasteiger charge is 2.08. The highest BCUT2D eigenvalue weighted by molar-refractivity contribution is 7.80. The number of thiocarbonyl (C=S) groups is 1. The number of rotatable bonds is 5. The van der Waals surface area contributed by atoms with Crippen molar-refractivity contribution in [2.75, 3.05) is 5.32 Å². The lowest BCUT2D eigenvalue weighted by Crippen LogP contribution is -2.31. The average Bonchev–Trinajstić information content (AvgIpc) is 2.49. The van der Waals surface area contributed by atoms with Crippen LogP contribution in [0, 0.1) is 12.8 Å². The molecule has 2 aromatic carbocycles. The first-order valence-electron chi connectivity index (χ1n) is 8.17. The van der Waals surface area contributed by atoms with Crippen LogP contribution in [0.3, 0.4) is 0 Å². The van der Waals surface area contributed by atoms with Gasteiger partial charge in [0, 0.05) is 5.69 Å². The van der Waals surface area contributed by atoms with E-state index >= 15 is 0 Å². The summed E-state index contributed by atoms with van der Waals surface area (Å²) in [7, 11) is 0. The van der Waals surface area contributed by atoms with Crippen molar-refractivity contribution in [3.63, 3.8) is 0 Å². The summed E-state index contributed by atoms with van der Waals surface area (Å²) in [5, 5.41) is 7.27. The molecule has 3 heteroatoms. The molecular weight excluding hydrogens is 300 g/mol. The van der Waals surface area contributed by atoms with Crippen LogP contribution < -0.4 is 10.6 Å². The van der Waals surface area contributed by atoms with Crippen molar-refractivity contribution in [3.05, 3.63) is 65.2 Å². The predicted molar refractivity (Wildman–Crippen MR) is 104 cm³/mol. The van der Waals surface area contributed by atoms with Crippen molar-refractivity contribution in [3.8, 4) is 0 Å². The normalized spacial score (nSPS) is 12.0. The lowest BCUT2D eigenvalue weighted by molar-refractivity contribution is 0.646. The Balaban J connectivity index is 1.94. The van der Waals surface area contributed by atoms with Gasteiger partial charge in [0.1, 0.15) is 0 Å². The van der Waals surface area contributed by atoms with Crippen molar-refractivity contribution in [2.45, 2.75) is 40.2 Å². The van der Waals surface area contributed by atoms with E-state index in [1.165, 1.54) is 16.7 Å². The van der Waals surface area contributed by atoms with Gasteiger partial charge in [-0.05, 0) is 61.2 Å². The molecule has 1 unspecified atom stereocenters. The van der Waals surface area contributed by atoms with Gasteiger partial charge in [0.25, 0.3) is 0 Å². The molecule has 2 nitrogen and oxygen atoms in total. The van der Waals surface area contributed by atoms with Crippen molar-refractivity contribution in [1.29, 1.82) is 0 Å². The van der Waals surface area contributed by atoms with E-state index in [4.69, 9.17) is 12.2 Å². The third kappa shape index (κ3) is 5.36. The monoisotopic (exact) mass is 326 g/mol. The van der Waals surface area contributed by atoms with Gasteiger partial charge in [-0.1, -0.05) is 56.3 Å². The van der Waals surface area contributed by atoms with Crippen LogP contribution in [-0.2, 0) is 6.42 Å². The Hall–Kier alpha value is -1.87. The standard InChI is InChI=1S/C20H26N2S/c1-14(2)13-17-9-11-18(12-10-17)16(4)21-20(23)22-19-8-6-5-7-15(19)3/h5-12,14,16H,13H2,1-4H3,(H2,21,22,23). The molecule has 0 aliphatic carbocycles. The van der Waals surface area contributed by atoms with Crippen LogP contribution in [0.4, 0.5) is 5.69 Å². The van der Waals surface area contributed by atoms with Crippen LogP contribution in [0.15, 0.2) is 48.5 Å². The molecule has 0 saturated heterocycles. The summed E-state index contributed by atoms with van der Waals surface area (Å²) in [4.78, 5) is 0. The minimum Gasteiger partial charge on any atom is -0.356 e. The molecule has 2 rings (SSSR count). The molecular formula is C20H26N2S. The third-order valence-electron chi connectivity index (χ3n) is 3.86. The summed E-state index contributed by atoms with van der Waals surface area (Å²) in [5.74, 6) is 0.683. The number of para-hydroxylation sites is 1.